The zero-order valence-corrected chi connectivity index (χ0v) is 17.7. The number of carbonyl (C=O) groups is 2. The second-order valence-electron chi connectivity index (χ2n) is 9.65. The lowest BCUT2D eigenvalue weighted by atomic mass is 9.45. The van der Waals surface area contributed by atoms with Crippen LogP contribution in [0.1, 0.15) is 52.4 Å². The van der Waals surface area contributed by atoms with E-state index in [0.717, 1.165) is 0 Å². The van der Waals surface area contributed by atoms with Crippen molar-refractivity contribution in [3.05, 3.63) is 11.6 Å². The van der Waals surface area contributed by atoms with Crippen molar-refractivity contribution >= 4 is 34.8 Å². The molecule has 0 bridgehead atoms. The average molecular weight is 433 g/mol. The fourth-order valence-electron chi connectivity index (χ4n) is 7.09. The van der Waals surface area contributed by atoms with E-state index in [2.05, 4.69) is 0 Å². The number of halogens is 3. The Kier molecular flexibility index (Phi) is 4.64. The highest BCUT2D eigenvalue weighted by molar-refractivity contribution is 6.33. The third-order valence-electron chi connectivity index (χ3n) is 8.74. The number of alkyl halides is 3. The number of aliphatic hydroxyl groups is 2. The molecule has 7 heteroatoms. The van der Waals surface area contributed by atoms with Gasteiger partial charge in [0.1, 0.15) is 18.4 Å². The highest BCUT2D eigenvalue weighted by Gasteiger charge is 2.74. The molecule has 156 valence electrons. The summed E-state index contributed by atoms with van der Waals surface area (Å²) < 4.78 is 15.3. The van der Waals surface area contributed by atoms with Crippen LogP contribution in [0, 0.1) is 22.7 Å². The lowest BCUT2D eigenvalue weighted by Crippen LogP contribution is -2.69. The molecule has 0 unspecified atom stereocenters. The zero-order valence-electron chi connectivity index (χ0n) is 16.2. The minimum absolute atomic E-state index is 0.0793. The second kappa shape index (κ2) is 6.26. The van der Waals surface area contributed by atoms with E-state index >= 15 is 4.39 Å². The van der Waals surface area contributed by atoms with Crippen LogP contribution < -0.4 is 0 Å². The molecule has 0 aromatic carbocycles. The Morgan fingerprint density at radius 2 is 2.00 bits per heavy atom. The van der Waals surface area contributed by atoms with Crippen LogP contribution in [-0.4, -0.2) is 50.4 Å². The van der Waals surface area contributed by atoms with Crippen LogP contribution in [0.2, 0.25) is 0 Å². The molecule has 4 nitrogen and oxygen atoms in total. The molecule has 8 atom stereocenters. The first kappa shape index (κ1) is 20.8. The number of hydrogen-bond acceptors (Lipinski definition) is 4. The van der Waals surface area contributed by atoms with Crippen LogP contribution in [0.3, 0.4) is 0 Å². The summed E-state index contributed by atoms with van der Waals surface area (Å²) in [6.45, 7) is 3.01. The summed E-state index contributed by atoms with van der Waals surface area (Å²) >= 11 is 14.2. The molecule has 0 radical (unpaired) electrons. The first-order valence-corrected chi connectivity index (χ1v) is 10.9. The summed E-state index contributed by atoms with van der Waals surface area (Å²) in [5, 5.41) is 20.0. The normalized spacial score (nSPS) is 53.1. The van der Waals surface area contributed by atoms with Gasteiger partial charge < -0.3 is 10.2 Å². The third-order valence-corrected chi connectivity index (χ3v) is 10.3. The van der Waals surface area contributed by atoms with Crippen molar-refractivity contribution < 1.29 is 24.2 Å². The van der Waals surface area contributed by atoms with Gasteiger partial charge in [0.2, 0.25) is 0 Å². The second-order valence-corrected chi connectivity index (χ2v) is 10.8. The molecular weight excluding hydrogens is 406 g/mol. The van der Waals surface area contributed by atoms with Gasteiger partial charge in [-0.05, 0) is 55.6 Å². The molecule has 3 fully saturated rings. The van der Waals surface area contributed by atoms with E-state index in [0.29, 0.717) is 31.3 Å². The van der Waals surface area contributed by atoms with Gasteiger partial charge in [0, 0.05) is 17.3 Å². The SMILES string of the molecule is C[C@]12CCC(=O)C=C1[C@@H](F)C[C@H]1[C@@H]3CC[C@](O)(C(=O)CO)[C@@]3(C)C[C@H](Cl)[C@@]12Cl. The van der Waals surface area contributed by atoms with E-state index in [-0.39, 0.29) is 30.5 Å². The summed E-state index contributed by atoms with van der Waals surface area (Å²) in [6, 6.07) is 0. The molecule has 4 aliphatic carbocycles. The molecule has 2 N–H and O–H groups in total. The average Bonchev–Trinajstić information content (AvgIpc) is 2.91. The molecule has 4 aliphatic rings. The fraction of sp³-hybridized carbons (Fsp3) is 0.810. The number of allylic oxidation sites excluding steroid dienone is 1. The Balaban J connectivity index is 1.83. The molecule has 4 rings (SSSR count). The zero-order chi connectivity index (χ0) is 20.7. The molecule has 0 aromatic rings. The number of hydrogen-bond donors (Lipinski definition) is 2. The van der Waals surface area contributed by atoms with Gasteiger partial charge in [-0.25, -0.2) is 4.39 Å². The molecule has 0 saturated heterocycles. The summed E-state index contributed by atoms with van der Waals surface area (Å²) in [6.07, 6.45) is 2.07. The van der Waals surface area contributed by atoms with Gasteiger partial charge in [-0.15, -0.1) is 23.2 Å². The summed E-state index contributed by atoms with van der Waals surface area (Å²) in [5.74, 6) is -1.20. The van der Waals surface area contributed by atoms with Crippen molar-refractivity contribution in [3.63, 3.8) is 0 Å². The van der Waals surface area contributed by atoms with Crippen molar-refractivity contribution in [2.75, 3.05) is 6.61 Å². The molecule has 3 saturated carbocycles. The van der Waals surface area contributed by atoms with Gasteiger partial charge in [-0.3, -0.25) is 9.59 Å². The molecule has 28 heavy (non-hydrogen) atoms. The van der Waals surface area contributed by atoms with E-state index in [4.69, 9.17) is 23.2 Å². The Bertz CT molecular complexity index is 772. The van der Waals surface area contributed by atoms with Crippen LogP contribution in [0.4, 0.5) is 4.39 Å². The Morgan fingerprint density at radius 3 is 2.64 bits per heavy atom. The number of carbonyl (C=O) groups excluding carboxylic acids is 2. The van der Waals surface area contributed by atoms with Gasteiger partial charge in [0.05, 0.1) is 10.3 Å². The van der Waals surface area contributed by atoms with Gasteiger partial charge in [0.25, 0.3) is 0 Å². The van der Waals surface area contributed by atoms with E-state index in [1.165, 1.54) is 6.08 Å². The first-order valence-electron chi connectivity index (χ1n) is 10.0. The van der Waals surface area contributed by atoms with Crippen LogP contribution in [0.15, 0.2) is 11.6 Å². The number of aliphatic hydroxyl groups excluding tert-OH is 1. The van der Waals surface area contributed by atoms with E-state index in [9.17, 15) is 19.8 Å². The predicted octanol–water partition coefficient (Wildman–Crippen LogP) is 3.34. The minimum atomic E-state index is -1.68. The van der Waals surface area contributed by atoms with Crippen molar-refractivity contribution in [2.45, 2.75) is 74.4 Å². The lowest BCUT2D eigenvalue weighted by Gasteiger charge is -2.65. The van der Waals surface area contributed by atoms with E-state index in [1.54, 1.807) is 0 Å². The highest BCUT2D eigenvalue weighted by atomic mass is 35.5. The van der Waals surface area contributed by atoms with Crippen LogP contribution in [0.25, 0.3) is 0 Å². The number of rotatable bonds is 2. The largest absolute Gasteiger partial charge is 0.388 e. The Hall–Kier alpha value is -0.490. The number of fused-ring (bicyclic) bond motifs is 5. The van der Waals surface area contributed by atoms with Crippen molar-refractivity contribution in [1.82, 2.24) is 0 Å². The number of ketones is 2. The maximum absolute atomic E-state index is 15.3. The van der Waals surface area contributed by atoms with Gasteiger partial charge in [-0.2, -0.15) is 0 Å². The highest BCUT2D eigenvalue weighted by Crippen LogP contribution is 2.72. The summed E-state index contributed by atoms with van der Waals surface area (Å²) in [5.41, 5.74) is -2.85. The summed E-state index contributed by atoms with van der Waals surface area (Å²) in [4.78, 5) is 23.4. The molecular formula is C21H27Cl2FO4. The third kappa shape index (κ3) is 2.25. The molecule has 0 amide bonds. The Morgan fingerprint density at radius 1 is 1.32 bits per heavy atom. The fourth-order valence-corrected chi connectivity index (χ4v) is 8.33. The topological polar surface area (TPSA) is 74.6 Å². The van der Waals surface area contributed by atoms with Crippen molar-refractivity contribution in [1.29, 1.82) is 0 Å². The van der Waals surface area contributed by atoms with Gasteiger partial charge in [0.15, 0.2) is 11.6 Å². The minimum Gasteiger partial charge on any atom is -0.388 e. The van der Waals surface area contributed by atoms with Gasteiger partial charge >= 0.3 is 0 Å². The van der Waals surface area contributed by atoms with Crippen molar-refractivity contribution in [2.24, 2.45) is 22.7 Å². The Labute approximate surface area is 174 Å². The maximum atomic E-state index is 15.3. The summed E-state index contributed by atoms with van der Waals surface area (Å²) in [7, 11) is 0. The predicted molar refractivity (Wildman–Crippen MR) is 104 cm³/mol. The van der Waals surface area contributed by atoms with E-state index < -0.39 is 45.2 Å². The van der Waals surface area contributed by atoms with Crippen LogP contribution in [-0.2, 0) is 9.59 Å². The van der Waals surface area contributed by atoms with Crippen LogP contribution >= 0.6 is 23.2 Å². The smallest absolute Gasteiger partial charge is 0.190 e. The monoisotopic (exact) mass is 432 g/mol. The number of Topliss-reactive ketones (excluding diaryl/α,β-unsaturated/α-hetero) is 1. The molecule has 0 spiro atoms. The first-order chi connectivity index (χ1) is 13.0. The lowest BCUT2D eigenvalue weighted by molar-refractivity contribution is -0.163. The molecule has 0 aliphatic heterocycles. The quantitative estimate of drug-likeness (QED) is 0.656. The molecule has 0 heterocycles. The van der Waals surface area contributed by atoms with E-state index in [1.807, 2.05) is 13.8 Å². The van der Waals surface area contributed by atoms with Crippen LogP contribution in [0.5, 0.6) is 0 Å². The van der Waals surface area contributed by atoms with Gasteiger partial charge in [-0.1, -0.05) is 13.8 Å². The maximum Gasteiger partial charge on any atom is 0.190 e. The standard InChI is InChI=1S/C21H27Cl2FO4/c1-18-5-3-11(26)7-14(18)15(24)8-13-12-4-6-20(28,17(27)10-25)19(12,2)9-16(22)21(13,18)23/h7,12-13,15-16,25,28H,3-6,8-10H2,1-2H3/t12-,13-,15-,16-,18-,19-,20-,21-/m0/s1. The van der Waals surface area contributed by atoms with Crippen molar-refractivity contribution in [3.8, 4) is 0 Å². The molecule has 0 aromatic heterocycles.